The maximum atomic E-state index is 13.6. The van der Waals surface area contributed by atoms with Gasteiger partial charge in [0.05, 0.1) is 29.9 Å². The number of urea groups is 1. The van der Waals surface area contributed by atoms with Crippen molar-refractivity contribution >= 4 is 40.3 Å². The highest BCUT2D eigenvalue weighted by Gasteiger charge is 2.39. The molecule has 1 aromatic heterocycles. The van der Waals surface area contributed by atoms with Crippen LogP contribution < -0.4 is 10.6 Å². The lowest BCUT2D eigenvalue weighted by Gasteiger charge is -2.33. The van der Waals surface area contributed by atoms with E-state index >= 15 is 0 Å². The first kappa shape index (κ1) is 21.2. The molecule has 2 heterocycles. The molecule has 4 rings (SSSR count). The Morgan fingerprint density at radius 1 is 1.25 bits per heavy atom. The quantitative estimate of drug-likeness (QED) is 0.536. The van der Waals surface area contributed by atoms with Crippen molar-refractivity contribution in [3.05, 3.63) is 53.9 Å². The standard InChI is InChI=1S/C22H24N6O4/c1-26-11-13-6-3-4-9-16(13)28(17(21(26)31)10-19(29)30)22(32)27(2)12-18-24-15-8-5-7-14(23)20(15)25-18/h3-9,17H,10-12,23H2,1-2H3,(H,24,25)(H,29,30). The average molecular weight is 436 g/mol. The van der Waals surface area contributed by atoms with Crippen LogP contribution in [0.15, 0.2) is 42.5 Å². The summed E-state index contributed by atoms with van der Waals surface area (Å²) in [6.45, 7) is 0.400. The highest BCUT2D eigenvalue weighted by Crippen LogP contribution is 2.30. The number of nitrogens with two attached hydrogens (primary N) is 1. The van der Waals surface area contributed by atoms with Gasteiger partial charge in [-0.1, -0.05) is 24.3 Å². The number of likely N-dealkylation sites (N-methyl/N-ethyl adjacent to an activating group) is 1. The van der Waals surface area contributed by atoms with Crippen LogP contribution in [0.3, 0.4) is 0 Å². The molecule has 0 spiro atoms. The summed E-state index contributed by atoms with van der Waals surface area (Å²) in [4.78, 5) is 49.9. The normalized spacial score (nSPS) is 16.1. The molecule has 1 atom stereocenters. The molecule has 3 aromatic rings. The summed E-state index contributed by atoms with van der Waals surface area (Å²) in [7, 11) is 3.18. The molecule has 0 fully saturated rings. The van der Waals surface area contributed by atoms with E-state index in [1.165, 1.54) is 14.7 Å². The fourth-order valence-electron chi connectivity index (χ4n) is 3.98. The summed E-state index contributed by atoms with van der Waals surface area (Å²) in [5.74, 6) is -1.07. The first-order valence-corrected chi connectivity index (χ1v) is 10.1. The number of anilines is 2. The molecule has 0 bridgehead atoms. The molecule has 1 unspecified atom stereocenters. The second-order valence-corrected chi connectivity index (χ2v) is 7.87. The molecule has 166 valence electrons. The van der Waals surface area contributed by atoms with Crippen LogP contribution in [0.5, 0.6) is 0 Å². The Labute approximate surface area is 184 Å². The molecule has 3 amide bonds. The van der Waals surface area contributed by atoms with E-state index in [1.807, 2.05) is 18.2 Å². The number of aliphatic carboxylic acids is 1. The van der Waals surface area contributed by atoms with Crippen molar-refractivity contribution in [1.29, 1.82) is 0 Å². The van der Waals surface area contributed by atoms with Crippen LogP contribution in [0.25, 0.3) is 11.0 Å². The number of carbonyl (C=O) groups is 3. The van der Waals surface area contributed by atoms with Gasteiger partial charge in [-0.25, -0.2) is 9.78 Å². The van der Waals surface area contributed by atoms with E-state index in [9.17, 15) is 19.5 Å². The number of hydrogen-bond acceptors (Lipinski definition) is 5. The summed E-state index contributed by atoms with van der Waals surface area (Å²) in [5, 5.41) is 9.44. The third-order valence-corrected chi connectivity index (χ3v) is 5.51. The van der Waals surface area contributed by atoms with Crippen molar-refractivity contribution < 1.29 is 19.5 Å². The largest absolute Gasteiger partial charge is 0.481 e. The number of carboxylic acids is 1. The Morgan fingerprint density at radius 3 is 2.72 bits per heavy atom. The Morgan fingerprint density at radius 2 is 2.00 bits per heavy atom. The summed E-state index contributed by atoms with van der Waals surface area (Å²) in [6.07, 6.45) is -0.502. The van der Waals surface area contributed by atoms with Crippen LogP contribution in [0.2, 0.25) is 0 Å². The molecule has 10 nitrogen and oxygen atoms in total. The third-order valence-electron chi connectivity index (χ3n) is 5.51. The molecular weight excluding hydrogens is 412 g/mol. The predicted molar refractivity (Wildman–Crippen MR) is 119 cm³/mol. The van der Waals surface area contributed by atoms with E-state index < -0.39 is 30.4 Å². The SMILES string of the molecule is CN1Cc2ccccc2N(C(=O)N(C)Cc2nc3c(N)cccc3[nH]2)C(CC(=O)O)C1=O. The number of carboxylic acid groups (broad SMARTS) is 1. The molecule has 2 aromatic carbocycles. The second kappa shape index (κ2) is 8.22. The monoisotopic (exact) mass is 436 g/mol. The number of benzene rings is 2. The number of fused-ring (bicyclic) bond motifs is 2. The fraction of sp³-hybridized carbons (Fsp3) is 0.273. The van der Waals surface area contributed by atoms with Crippen molar-refractivity contribution in [3.8, 4) is 0 Å². The number of nitrogen functional groups attached to an aromatic ring is 1. The Balaban J connectivity index is 1.69. The topological polar surface area (TPSA) is 136 Å². The highest BCUT2D eigenvalue weighted by molar-refractivity contribution is 6.02. The number of carbonyl (C=O) groups excluding carboxylic acids is 2. The van der Waals surface area contributed by atoms with E-state index in [1.54, 1.807) is 38.4 Å². The Bertz CT molecular complexity index is 1210. The molecule has 0 radical (unpaired) electrons. The summed E-state index contributed by atoms with van der Waals surface area (Å²) < 4.78 is 0. The van der Waals surface area contributed by atoms with Crippen LogP contribution >= 0.6 is 0 Å². The smallest absolute Gasteiger partial charge is 0.325 e. The van der Waals surface area contributed by atoms with Crippen LogP contribution in [-0.2, 0) is 22.7 Å². The van der Waals surface area contributed by atoms with E-state index in [0.29, 0.717) is 22.7 Å². The average Bonchev–Trinajstić information content (AvgIpc) is 3.13. The Kier molecular flexibility index (Phi) is 5.43. The minimum Gasteiger partial charge on any atom is -0.481 e. The number of nitrogens with zero attached hydrogens (tertiary/aromatic N) is 4. The zero-order valence-corrected chi connectivity index (χ0v) is 17.8. The maximum absolute atomic E-state index is 13.6. The van der Waals surface area contributed by atoms with Gasteiger partial charge in [0.1, 0.15) is 17.4 Å². The number of H-pyrrole nitrogens is 1. The molecular formula is C22H24N6O4. The summed E-state index contributed by atoms with van der Waals surface area (Å²) in [5.41, 5.74) is 9.14. The minimum absolute atomic E-state index is 0.120. The molecule has 10 heteroatoms. The van der Waals surface area contributed by atoms with Gasteiger partial charge in [-0.3, -0.25) is 14.5 Å². The van der Waals surface area contributed by atoms with Gasteiger partial charge in [-0.15, -0.1) is 0 Å². The summed E-state index contributed by atoms with van der Waals surface area (Å²) in [6, 6.07) is 10.9. The molecule has 1 aliphatic rings. The number of aromatic amines is 1. The van der Waals surface area contributed by atoms with Gasteiger partial charge >= 0.3 is 12.0 Å². The van der Waals surface area contributed by atoms with Crippen molar-refractivity contribution in [1.82, 2.24) is 19.8 Å². The first-order valence-electron chi connectivity index (χ1n) is 10.1. The lowest BCUT2D eigenvalue weighted by atomic mass is 10.1. The number of amides is 3. The molecule has 32 heavy (non-hydrogen) atoms. The van der Waals surface area contributed by atoms with Crippen molar-refractivity contribution in [3.63, 3.8) is 0 Å². The van der Waals surface area contributed by atoms with E-state index in [-0.39, 0.29) is 13.1 Å². The van der Waals surface area contributed by atoms with Crippen molar-refractivity contribution in [2.75, 3.05) is 24.7 Å². The van der Waals surface area contributed by atoms with Gasteiger partial charge in [-0.2, -0.15) is 0 Å². The van der Waals surface area contributed by atoms with Gasteiger partial charge in [0.15, 0.2) is 0 Å². The predicted octanol–water partition coefficient (Wildman–Crippen LogP) is 2.02. The summed E-state index contributed by atoms with van der Waals surface area (Å²) >= 11 is 0. The minimum atomic E-state index is -1.16. The molecule has 4 N–H and O–H groups in total. The van der Waals surface area contributed by atoms with Crippen molar-refractivity contribution in [2.45, 2.75) is 25.6 Å². The molecule has 0 aliphatic carbocycles. The van der Waals surface area contributed by atoms with Crippen LogP contribution in [0.4, 0.5) is 16.2 Å². The van der Waals surface area contributed by atoms with E-state index in [0.717, 1.165) is 11.1 Å². The number of aromatic nitrogens is 2. The van der Waals surface area contributed by atoms with Gasteiger partial charge in [0.2, 0.25) is 5.91 Å². The second-order valence-electron chi connectivity index (χ2n) is 7.87. The zero-order valence-electron chi connectivity index (χ0n) is 17.8. The molecule has 1 aliphatic heterocycles. The number of imidazole rings is 1. The highest BCUT2D eigenvalue weighted by atomic mass is 16.4. The lowest BCUT2D eigenvalue weighted by molar-refractivity contribution is -0.141. The van der Waals surface area contributed by atoms with Gasteiger partial charge in [-0.05, 0) is 23.8 Å². The number of hydrogen-bond donors (Lipinski definition) is 3. The number of rotatable bonds is 4. The molecule has 0 saturated carbocycles. The first-order chi connectivity index (χ1) is 15.3. The van der Waals surface area contributed by atoms with Crippen LogP contribution in [0, 0.1) is 0 Å². The van der Waals surface area contributed by atoms with Gasteiger partial charge < -0.3 is 25.6 Å². The van der Waals surface area contributed by atoms with E-state index in [4.69, 9.17) is 5.73 Å². The van der Waals surface area contributed by atoms with Gasteiger partial charge in [0.25, 0.3) is 0 Å². The van der Waals surface area contributed by atoms with Gasteiger partial charge in [0, 0.05) is 20.6 Å². The van der Waals surface area contributed by atoms with Crippen molar-refractivity contribution in [2.24, 2.45) is 0 Å². The Hall–Kier alpha value is -4.08. The maximum Gasteiger partial charge on any atom is 0.325 e. The van der Waals surface area contributed by atoms with E-state index in [2.05, 4.69) is 9.97 Å². The lowest BCUT2D eigenvalue weighted by Crippen LogP contribution is -2.53. The molecule has 0 saturated heterocycles. The number of nitrogens with one attached hydrogen (secondary N) is 1. The number of para-hydroxylation sites is 2. The third kappa shape index (κ3) is 3.82. The fourth-order valence-corrected chi connectivity index (χ4v) is 3.98. The van der Waals surface area contributed by atoms with Crippen LogP contribution in [-0.4, -0.2) is 62.9 Å². The van der Waals surface area contributed by atoms with Crippen LogP contribution in [0.1, 0.15) is 17.8 Å². The zero-order chi connectivity index (χ0) is 23.0.